The Hall–Kier alpha value is -0.830. The van der Waals surface area contributed by atoms with Crippen molar-refractivity contribution in [2.24, 2.45) is 5.73 Å². The predicted octanol–water partition coefficient (Wildman–Crippen LogP) is 1.18. The third-order valence-electron chi connectivity index (χ3n) is 1.97. The van der Waals surface area contributed by atoms with Crippen LogP contribution in [-0.4, -0.2) is 15.6 Å². The van der Waals surface area contributed by atoms with E-state index in [1.54, 1.807) is 0 Å². The Morgan fingerprint density at radius 2 is 2.42 bits per heavy atom. The summed E-state index contributed by atoms with van der Waals surface area (Å²) in [6.45, 7) is 5.14. The first-order valence-electron chi connectivity index (χ1n) is 4.49. The predicted molar refractivity (Wildman–Crippen MR) is 49.9 cm³/mol. The van der Waals surface area contributed by atoms with E-state index < -0.39 is 0 Å². The smallest absolute Gasteiger partial charge is 0.108 e. The molecule has 0 aliphatic heterocycles. The lowest BCUT2D eigenvalue weighted by Crippen LogP contribution is -2.16. The summed E-state index contributed by atoms with van der Waals surface area (Å²) in [6.07, 6.45) is 5.85. The number of hydrogen-bond donors (Lipinski definition) is 1. The van der Waals surface area contributed by atoms with Gasteiger partial charge >= 0.3 is 0 Å². The van der Waals surface area contributed by atoms with Gasteiger partial charge in [0.15, 0.2) is 0 Å². The van der Waals surface area contributed by atoms with Crippen LogP contribution in [0.2, 0.25) is 0 Å². The largest absolute Gasteiger partial charge is 0.335 e. The number of aryl methyl sites for hydroxylation is 2. The molecule has 2 N–H and O–H groups in total. The van der Waals surface area contributed by atoms with E-state index in [0.717, 1.165) is 25.2 Å². The zero-order chi connectivity index (χ0) is 8.97. The molecule has 1 atom stereocenters. The van der Waals surface area contributed by atoms with Crippen molar-refractivity contribution in [1.29, 1.82) is 0 Å². The van der Waals surface area contributed by atoms with Crippen LogP contribution in [0.15, 0.2) is 12.4 Å². The summed E-state index contributed by atoms with van der Waals surface area (Å²) in [4.78, 5) is 4.27. The molecule has 0 bridgehead atoms. The lowest BCUT2D eigenvalue weighted by molar-refractivity contribution is 0.613. The first-order valence-corrected chi connectivity index (χ1v) is 4.49. The molecule has 0 aliphatic carbocycles. The summed E-state index contributed by atoms with van der Waals surface area (Å²) in [5, 5.41) is 0. The van der Waals surface area contributed by atoms with Gasteiger partial charge in [-0.2, -0.15) is 0 Å². The number of nitrogens with zero attached hydrogens (tertiary/aromatic N) is 2. The van der Waals surface area contributed by atoms with E-state index >= 15 is 0 Å². The molecule has 68 valence electrons. The van der Waals surface area contributed by atoms with E-state index in [1.165, 1.54) is 0 Å². The van der Waals surface area contributed by atoms with Crippen LogP contribution >= 0.6 is 0 Å². The Morgan fingerprint density at radius 1 is 1.67 bits per heavy atom. The van der Waals surface area contributed by atoms with Crippen molar-refractivity contribution in [3.63, 3.8) is 0 Å². The molecule has 12 heavy (non-hydrogen) atoms. The number of aromatic nitrogens is 2. The highest BCUT2D eigenvalue weighted by molar-refractivity contribution is 4.92. The number of hydrogen-bond acceptors (Lipinski definition) is 2. The molecule has 1 aromatic rings. The van der Waals surface area contributed by atoms with Crippen molar-refractivity contribution in [2.75, 3.05) is 0 Å². The van der Waals surface area contributed by atoms with Crippen LogP contribution in [0.4, 0.5) is 0 Å². The Labute approximate surface area is 73.6 Å². The molecule has 0 saturated carbocycles. The summed E-state index contributed by atoms with van der Waals surface area (Å²) in [5.41, 5.74) is 5.66. The molecular weight excluding hydrogens is 150 g/mol. The lowest BCUT2D eigenvalue weighted by atomic mass is 10.2. The molecule has 1 aromatic heterocycles. The second-order valence-corrected chi connectivity index (χ2v) is 3.15. The zero-order valence-electron chi connectivity index (χ0n) is 7.83. The molecule has 0 aliphatic rings. The molecule has 0 spiro atoms. The highest BCUT2D eigenvalue weighted by Gasteiger charge is 2.01. The number of nitrogens with two attached hydrogens (primary N) is 1. The Morgan fingerprint density at radius 3 is 3.00 bits per heavy atom. The molecule has 1 heterocycles. The minimum atomic E-state index is 0.270. The summed E-state index contributed by atoms with van der Waals surface area (Å²) in [5.74, 6) is 1.15. The van der Waals surface area contributed by atoms with Crippen molar-refractivity contribution in [2.45, 2.75) is 39.3 Å². The Balaban J connectivity index is 2.50. The van der Waals surface area contributed by atoms with Crippen LogP contribution in [0.3, 0.4) is 0 Å². The van der Waals surface area contributed by atoms with Crippen LogP contribution in [-0.2, 0) is 13.0 Å². The molecule has 0 aromatic carbocycles. The van der Waals surface area contributed by atoms with Crippen LogP contribution in [0.5, 0.6) is 0 Å². The molecule has 1 rings (SSSR count). The minimum absolute atomic E-state index is 0.270. The molecule has 0 fully saturated rings. The highest BCUT2D eigenvalue weighted by Crippen LogP contribution is 2.02. The second kappa shape index (κ2) is 4.26. The quantitative estimate of drug-likeness (QED) is 0.732. The minimum Gasteiger partial charge on any atom is -0.335 e. The van der Waals surface area contributed by atoms with Gasteiger partial charge in [0, 0.05) is 31.4 Å². The summed E-state index contributed by atoms with van der Waals surface area (Å²) < 4.78 is 2.16. The molecule has 0 saturated heterocycles. The monoisotopic (exact) mass is 167 g/mol. The van der Waals surface area contributed by atoms with E-state index in [1.807, 2.05) is 19.3 Å². The highest BCUT2D eigenvalue weighted by atomic mass is 15.0. The number of rotatable bonds is 4. The summed E-state index contributed by atoms with van der Waals surface area (Å²) in [6, 6.07) is 0.270. The maximum absolute atomic E-state index is 5.66. The van der Waals surface area contributed by atoms with Gasteiger partial charge in [0.1, 0.15) is 5.82 Å². The average molecular weight is 167 g/mol. The third kappa shape index (κ3) is 2.34. The van der Waals surface area contributed by atoms with Crippen molar-refractivity contribution >= 4 is 0 Å². The molecular formula is C9H17N3. The van der Waals surface area contributed by atoms with Gasteiger partial charge in [-0.1, -0.05) is 0 Å². The van der Waals surface area contributed by atoms with E-state index in [9.17, 15) is 0 Å². The van der Waals surface area contributed by atoms with E-state index in [4.69, 9.17) is 5.73 Å². The van der Waals surface area contributed by atoms with Crippen LogP contribution < -0.4 is 5.73 Å². The van der Waals surface area contributed by atoms with E-state index in [2.05, 4.69) is 16.5 Å². The van der Waals surface area contributed by atoms with Crippen molar-refractivity contribution in [3.05, 3.63) is 18.2 Å². The fourth-order valence-electron chi connectivity index (χ4n) is 1.21. The fraction of sp³-hybridized carbons (Fsp3) is 0.667. The maximum atomic E-state index is 5.66. The summed E-state index contributed by atoms with van der Waals surface area (Å²) >= 11 is 0. The van der Waals surface area contributed by atoms with Gasteiger partial charge in [0.25, 0.3) is 0 Å². The maximum Gasteiger partial charge on any atom is 0.108 e. The van der Waals surface area contributed by atoms with Gasteiger partial charge in [-0.3, -0.25) is 0 Å². The van der Waals surface area contributed by atoms with Crippen molar-refractivity contribution in [1.82, 2.24) is 9.55 Å². The standard InChI is InChI=1S/C9H17N3/c1-3-12-7-6-11-9(12)5-4-8(2)10/h6-8H,3-5,10H2,1-2H3. The molecule has 3 heteroatoms. The van der Waals surface area contributed by atoms with Gasteiger partial charge in [0.2, 0.25) is 0 Å². The van der Waals surface area contributed by atoms with Crippen LogP contribution in [0, 0.1) is 0 Å². The van der Waals surface area contributed by atoms with Crippen molar-refractivity contribution < 1.29 is 0 Å². The van der Waals surface area contributed by atoms with Gasteiger partial charge in [-0.25, -0.2) is 4.98 Å². The van der Waals surface area contributed by atoms with Crippen LogP contribution in [0.1, 0.15) is 26.1 Å². The second-order valence-electron chi connectivity index (χ2n) is 3.15. The Bertz CT molecular complexity index is 227. The first kappa shape index (κ1) is 9.26. The van der Waals surface area contributed by atoms with Crippen molar-refractivity contribution in [3.8, 4) is 0 Å². The van der Waals surface area contributed by atoms with Gasteiger partial charge < -0.3 is 10.3 Å². The fourth-order valence-corrected chi connectivity index (χ4v) is 1.21. The van der Waals surface area contributed by atoms with Gasteiger partial charge in [0.05, 0.1) is 0 Å². The summed E-state index contributed by atoms with van der Waals surface area (Å²) in [7, 11) is 0. The van der Waals surface area contributed by atoms with Gasteiger partial charge in [-0.05, 0) is 20.3 Å². The van der Waals surface area contributed by atoms with E-state index in [0.29, 0.717) is 0 Å². The van der Waals surface area contributed by atoms with E-state index in [-0.39, 0.29) is 6.04 Å². The first-order chi connectivity index (χ1) is 5.74. The van der Waals surface area contributed by atoms with Crippen LogP contribution in [0.25, 0.3) is 0 Å². The zero-order valence-corrected chi connectivity index (χ0v) is 7.83. The number of imidazole rings is 1. The average Bonchev–Trinajstić information content (AvgIpc) is 2.47. The molecule has 0 amide bonds. The lowest BCUT2D eigenvalue weighted by Gasteiger charge is -2.06. The molecule has 0 radical (unpaired) electrons. The normalized spacial score (nSPS) is 13.2. The molecule has 1 unspecified atom stereocenters. The third-order valence-corrected chi connectivity index (χ3v) is 1.97. The Kier molecular flexibility index (Phi) is 3.29. The topological polar surface area (TPSA) is 43.8 Å². The SMILES string of the molecule is CCn1ccnc1CCC(C)N. The van der Waals surface area contributed by atoms with Gasteiger partial charge in [-0.15, -0.1) is 0 Å². The molecule has 3 nitrogen and oxygen atoms in total.